The number of terminal acetylenes is 1. The molecule has 0 bridgehead atoms. The Bertz CT molecular complexity index is 193. The first-order valence-electron chi connectivity index (χ1n) is 5.47. The van der Waals surface area contributed by atoms with Crippen molar-refractivity contribution in [1.82, 2.24) is 4.90 Å². The van der Waals surface area contributed by atoms with Gasteiger partial charge in [0.1, 0.15) is 0 Å². The van der Waals surface area contributed by atoms with E-state index < -0.39 is 0 Å². The van der Waals surface area contributed by atoms with Crippen LogP contribution < -0.4 is 0 Å². The van der Waals surface area contributed by atoms with Gasteiger partial charge in [-0.2, -0.15) is 0 Å². The average Bonchev–Trinajstić information content (AvgIpc) is 2.18. The lowest BCUT2D eigenvalue weighted by Crippen LogP contribution is -2.31. The summed E-state index contributed by atoms with van der Waals surface area (Å²) < 4.78 is 0. The van der Waals surface area contributed by atoms with Crippen LogP contribution in [0.3, 0.4) is 0 Å². The highest BCUT2D eigenvalue weighted by molar-refractivity contribution is 5.76. The summed E-state index contributed by atoms with van der Waals surface area (Å²) in [4.78, 5) is 13.4. The molecule has 0 heterocycles. The number of amides is 1. The van der Waals surface area contributed by atoms with Crippen molar-refractivity contribution in [2.24, 2.45) is 0 Å². The first-order chi connectivity index (χ1) is 6.76. The van der Waals surface area contributed by atoms with Crippen molar-refractivity contribution in [3.8, 4) is 12.3 Å². The Morgan fingerprint density at radius 1 is 1.29 bits per heavy atom. The first-order valence-corrected chi connectivity index (χ1v) is 5.47. The number of carbonyl (C=O) groups excluding carboxylic acids is 1. The van der Waals surface area contributed by atoms with Gasteiger partial charge < -0.3 is 4.90 Å². The second-order valence-electron chi connectivity index (χ2n) is 3.48. The summed E-state index contributed by atoms with van der Waals surface area (Å²) in [6.07, 6.45) is 10.1. The van der Waals surface area contributed by atoms with Gasteiger partial charge in [-0.15, -0.1) is 6.42 Å². The quantitative estimate of drug-likeness (QED) is 0.451. The Balaban J connectivity index is 3.83. The zero-order chi connectivity index (χ0) is 10.8. The third-order valence-corrected chi connectivity index (χ3v) is 2.12. The highest BCUT2D eigenvalue weighted by atomic mass is 16.2. The zero-order valence-corrected chi connectivity index (χ0v) is 9.38. The van der Waals surface area contributed by atoms with Gasteiger partial charge in [-0.1, -0.05) is 32.6 Å². The molecule has 0 spiro atoms. The summed E-state index contributed by atoms with van der Waals surface area (Å²) in [6.45, 7) is 5.44. The van der Waals surface area contributed by atoms with E-state index in [1.54, 1.807) is 4.90 Å². The normalized spacial score (nSPS) is 9.50. The minimum absolute atomic E-state index is 0.207. The molecule has 0 unspecified atom stereocenters. The molecule has 0 aromatic rings. The molecule has 0 N–H and O–H groups in total. The van der Waals surface area contributed by atoms with Gasteiger partial charge >= 0.3 is 0 Å². The molecule has 0 aliphatic heterocycles. The summed E-state index contributed by atoms with van der Waals surface area (Å²) >= 11 is 0. The molecule has 0 aromatic heterocycles. The van der Waals surface area contributed by atoms with Gasteiger partial charge in [0.2, 0.25) is 5.91 Å². The van der Waals surface area contributed by atoms with E-state index >= 15 is 0 Å². The topological polar surface area (TPSA) is 20.3 Å². The molecule has 0 fully saturated rings. The molecule has 1 amide bonds. The van der Waals surface area contributed by atoms with Crippen molar-refractivity contribution in [3.05, 3.63) is 0 Å². The summed E-state index contributed by atoms with van der Waals surface area (Å²) in [5.74, 6) is 2.74. The summed E-state index contributed by atoms with van der Waals surface area (Å²) in [7, 11) is 0. The molecule has 0 aliphatic rings. The number of hydrogen-bond donors (Lipinski definition) is 0. The molecule has 14 heavy (non-hydrogen) atoms. The molecule has 0 radical (unpaired) electrons. The lowest BCUT2D eigenvalue weighted by Gasteiger charge is -2.19. The van der Waals surface area contributed by atoms with Crippen LogP contribution in [0, 0.1) is 12.3 Å². The van der Waals surface area contributed by atoms with E-state index in [9.17, 15) is 4.79 Å². The van der Waals surface area contributed by atoms with Crippen LogP contribution in [-0.2, 0) is 4.79 Å². The monoisotopic (exact) mass is 195 g/mol. The van der Waals surface area contributed by atoms with Crippen LogP contribution in [-0.4, -0.2) is 23.9 Å². The smallest absolute Gasteiger partial charge is 0.223 e. The molecule has 0 aromatic carbocycles. The maximum atomic E-state index is 11.6. The molecular formula is C12H21NO. The van der Waals surface area contributed by atoms with Gasteiger partial charge in [-0.25, -0.2) is 0 Å². The minimum Gasteiger partial charge on any atom is -0.332 e. The second-order valence-corrected chi connectivity index (χ2v) is 3.48. The van der Waals surface area contributed by atoms with E-state index in [2.05, 4.69) is 19.8 Å². The van der Waals surface area contributed by atoms with Crippen LogP contribution in [0.4, 0.5) is 0 Å². The Morgan fingerprint density at radius 3 is 2.50 bits per heavy atom. The maximum Gasteiger partial charge on any atom is 0.223 e. The Morgan fingerprint density at radius 2 is 2.00 bits per heavy atom. The standard InChI is InChI=1S/C12H21NO/c1-4-7-8-9-12(14)13(10-5-2)11-6-3/h2H,4,6-11H2,1,3H3. The molecule has 0 atom stereocenters. The molecule has 0 rings (SSSR count). The van der Waals surface area contributed by atoms with Crippen molar-refractivity contribution in [3.63, 3.8) is 0 Å². The second kappa shape index (κ2) is 8.62. The predicted octanol–water partition coefficient (Wildman–Crippen LogP) is 2.44. The minimum atomic E-state index is 0.207. The van der Waals surface area contributed by atoms with Crippen molar-refractivity contribution >= 4 is 5.91 Å². The SMILES string of the molecule is C#CCN(CCC)C(=O)CCCCC. The highest BCUT2D eigenvalue weighted by Gasteiger charge is 2.09. The van der Waals surface area contributed by atoms with Crippen molar-refractivity contribution < 1.29 is 4.79 Å². The van der Waals surface area contributed by atoms with Gasteiger partial charge in [0.15, 0.2) is 0 Å². The van der Waals surface area contributed by atoms with Crippen molar-refractivity contribution in [1.29, 1.82) is 0 Å². The maximum absolute atomic E-state index is 11.6. The molecule has 0 saturated carbocycles. The number of hydrogen-bond acceptors (Lipinski definition) is 1. The van der Waals surface area contributed by atoms with Crippen LogP contribution in [0.5, 0.6) is 0 Å². The van der Waals surface area contributed by atoms with E-state index in [0.717, 1.165) is 32.2 Å². The first kappa shape index (κ1) is 13.0. The van der Waals surface area contributed by atoms with Crippen LogP contribution in [0.1, 0.15) is 46.0 Å². The van der Waals surface area contributed by atoms with Gasteiger partial charge in [-0.3, -0.25) is 4.79 Å². The Hall–Kier alpha value is -0.970. The molecule has 0 aliphatic carbocycles. The number of unbranched alkanes of at least 4 members (excludes halogenated alkanes) is 2. The van der Waals surface area contributed by atoms with E-state index in [-0.39, 0.29) is 5.91 Å². The van der Waals surface area contributed by atoms with Crippen LogP contribution >= 0.6 is 0 Å². The third kappa shape index (κ3) is 5.64. The summed E-state index contributed by atoms with van der Waals surface area (Å²) in [6, 6.07) is 0. The van der Waals surface area contributed by atoms with Crippen molar-refractivity contribution in [2.45, 2.75) is 46.0 Å². The van der Waals surface area contributed by atoms with Gasteiger partial charge in [0.25, 0.3) is 0 Å². The highest BCUT2D eigenvalue weighted by Crippen LogP contribution is 2.03. The predicted molar refractivity (Wildman–Crippen MR) is 59.8 cm³/mol. The molecule has 2 heteroatoms. The Kier molecular flexibility index (Phi) is 8.02. The molecular weight excluding hydrogens is 174 g/mol. The van der Waals surface area contributed by atoms with Crippen LogP contribution in [0.15, 0.2) is 0 Å². The van der Waals surface area contributed by atoms with E-state index in [1.807, 2.05) is 0 Å². The zero-order valence-electron chi connectivity index (χ0n) is 9.38. The fourth-order valence-electron chi connectivity index (χ4n) is 1.36. The van der Waals surface area contributed by atoms with E-state index in [4.69, 9.17) is 6.42 Å². The fourth-order valence-corrected chi connectivity index (χ4v) is 1.36. The third-order valence-electron chi connectivity index (χ3n) is 2.12. The Labute approximate surface area is 87.7 Å². The summed E-state index contributed by atoms with van der Waals surface area (Å²) in [5, 5.41) is 0. The molecule has 0 saturated heterocycles. The van der Waals surface area contributed by atoms with Crippen molar-refractivity contribution in [2.75, 3.05) is 13.1 Å². The summed E-state index contributed by atoms with van der Waals surface area (Å²) in [5.41, 5.74) is 0. The van der Waals surface area contributed by atoms with Gasteiger partial charge in [0.05, 0.1) is 6.54 Å². The van der Waals surface area contributed by atoms with E-state index in [0.29, 0.717) is 13.0 Å². The lowest BCUT2D eigenvalue weighted by atomic mass is 10.2. The number of carbonyl (C=O) groups is 1. The fraction of sp³-hybridized carbons (Fsp3) is 0.750. The van der Waals surface area contributed by atoms with Gasteiger partial charge in [0, 0.05) is 13.0 Å². The lowest BCUT2D eigenvalue weighted by molar-refractivity contribution is -0.130. The largest absolute Gasteiger partial charge is 0.332 e. The molecule has 80 valence electrons. The van der Waals surface area contributed by atoms with Gasteiger partial charge in [-0.05, 0) is 12.8 Å². The van der Waals surface area contributed by atoms with Crippen LogP contribution in [0.2, 0.25) is 0 Å². The van der Waals surface area contributed by atoms with E-state index in [1.165, 1.54) is 0 Å². The number of nitrogens with zero attached hydrogens (tertiary/aromatic N) is 1. The molecule has 2 nitrogen and oxygen atoms in total. The number of rotatable bonds is 7. The average molecular weight is 195 g/mol. The van der Waals surface area contributed by atoms with Crippen LogP contribution in [0.25, 0.3) is 0 Å².